The summed E-state index contributed by atoms with van der Waals surface area (Å²) in [5, 5.41) is 2.57. The Balaban J connectivity index is 3.21. The molecule has 1 aromatic rings. The van der Waals surface area contributed by atoms with E-state index in [-0.39, 0.29) is 12.5 Å². The van der Waals surface area contributed by atoms with E-state index in [2.05, 4.69) is 10.3 Å². The van der Waals surface area contributed by atoms with Crippen molar-refractivity contribution < 1.29 is 4.79 Å². The summed E-state index contributed by atoms with van der Waals surface area (Å²) >= 11 is 5.05. The molecule has 0 fully saturated rings. The summed E-state index contributed by atoms with van der Waals surface area (Å²) in [7, 11) is 3.39. The molecule has 18 heavy (non-hydrogen) atoms. The lowest BCUT2D eigenvalue weighted by atomic mass is 10.1. The summed E-state index contributed by atoms with van der Waals surface area (Å²) in [6.07, 6.45) is 0. The lowest BCUT2D eigenvalue weighted by molar-refractivity contribution is -0.119. The van der Waals surface area contributed by atoms with Crippen LogP contribution in [-0.4, -0.2) is 36.5 Å². The Morgan fingerprint density at radius 3 is 2.67 bits per heavy atom. The average Bonchev–Trinajstić information content (AvgIpc) is 2.26. The number of hydrogen-bond acceptors (Lipinski definition) is 4. The molecular formula is C12H18N4OS. The van der Waals surface area contributed by atoms with Crippen molar-refractivity contribution in [3.63, 3.8) is 0 Å². The van der Waals surface area contributed by atoms with Crippen LogP contribution in [0.2, 0.25) is 0 Å². The molecule has 1 aromatic heterocycles. The van der Waals surface area contributed by atoms with Gasteiger partial charge in [0.2, 0.25) is 5.91 Å². The number of aryl methyl sites for hydroxylation is 2. The van der Waals surface area contributed by atoms with Crippen molar-refractivity contribution in [1.82, 2.24) is 10.3 Å². The highest BCUT2D eigenvalue weighted by Gasteiger charge is 2.16. The van der Waals surface area contributed by atoms with Crippen molar-refractivity contribution >= 4 is 28.9 Å². The fraction of sp³-hybridized carbons (Fsp3) is 0.417. The maximum absolute atomic E-state index is 11.4. The van der Waals surface area contributed by atoms with Gasteiger partial charge in [0.05, 0.1) is 12.1 Å². The maximum Gasteiger partial charge on any atom is 0.239 e. The van der Waals surface area contributed by atoms with Crippen LogP contribution in [0.3, 0.4) is 0 Å². The molecule has 0 radical (unpaired) electrons. The van der Waals surface area contributed by atoms with E-state index in [1.165, 1.54) is 0 Å². The zero-order valence-corrected chi connectivity index (χ0v) is 11.9. The smallest absolute Gasteiger partial charge is 0.239 e. The van der Waals surface area contributed by atoms with Crippen LogP contribution in [0.25, 0.3) is 0 Å². The van der Waals surface area contributed by atoms with Crippen molar-refractivity contribution in [3.8, 4) is 0 Å². The summed E-state index contributed by atoms with van der Waals surface area (Å²) in [5.41, 5.74) is 8.29. The van der Waals surface area contributed by atoms with Crippen LogP contribution in [-0.2, 0) is 4.79 Å². The second-order valence-electron chi connectivity index (χ2n) is 4.17. The summed E-state index contributed by atoms with van der Waals surface area (Å²) in [6.45, 7) is 4.04. The zero-order valence-electron chi connectivity index (χ0n) is 11.1. The number of amides is 1. The van der Waals surface area contributed by atoms with Gasteiger partial charge in [-0.15, -0.1) is 0 Å². The molecule has 5 nitrogen and oxygen atoms in total. The molecule has 0 atom stereocenters. The predicted octanol–water partition coefficient (Wildman–Crippen LogP) is 0.515. The molecule has 6 heteroatoms. The minimum Gasteiger partial charge on any atom is -0.389 e. The Kier molecular flexibility index (Phi) is 4.61. The van der Waals surface area contributed by atoms with Gasteiger partial charge in [-0.25, -0.2) is 4.98 Å². The number of nitrogens with one attached hydrogen (secondary N) is 1. The number of anilines is 1. The first-order chi connectivity index (χ1) is 8.36. The van der Waals surface area contributed by atoms with Gasteiger partial charge in [-0.3, -0.25) is 4.79 Å². The Morgan fingerprint density at radius 2 is 2.17 bits per heavy atom. The van der Waals surface area contributed by atoms with E-state index in [0.717, 1.165) is 16.8 Å². The van der Waals surface area contributed by atoms with Gasteiger partial charge in [0.15, 0.2) is 0 Å². The van der Waals surface area contributed by atoms with Crippen LogP contribution in [0.5, 0.6) is 0 Å². The molecule has 0 aliphatic rings. The van der Waals surface area contributed by atoms with Gasteiger partial charge in [-0.1, -0.05) is 12.2 Å². The van der Waals surface area contributed by atoms with E-state index in [4.69, 9.17) is 18.0 Å². The van der Waals surface area contributed by atoms with Crippen LogP contribution in [0.4, 0.5) is 5.82 Å². The van der Waals surface area contributed by atoms with Crippen molar-refractivity contribution in [2.75, 3.05) is 25.5 Å². The van der Waals surface area contributed by atoms with Crippen LogP contribution in [0.15, 0.2) is 6.07 Å². The third-order valence-electron chi connectivity index (χ3n) is 2.59. The molecule has 3 N–H and O–H groups in total. The third-order valence-corrected chi connectivity index (χ3v) is 2.80. The van der Waals surface area contributed by atoms with Crippen molar-refractivity contribution in [2.24, 2.45) is 5.73 Å². The minimum atomic E-state index is -0.0904. The first-order valence-corrected chi connectivity index (χ1v) is 5.97. The van der Waals surface area contributed by atoms with Crippen molar-refractivity contribution in [1.29, 1.82) is 0 Å². The van der Waals surface area contributed by atoms with Crippen LogP contribution >= 0.6 is 12.2 Å². The van der Waals surface area contributed by atoms with E-state index in [9.17, 15) is 4.79 Å². The molecule has 0 spiro atoms. The monoisotopic (exact) mass is 266 g/mol. The molecule has 0 aliphatic heterocycles. The summed E-state index contributed by atoms with van der Waals surface area (Å²) in [5.74, 6) is 0.552. The van der Waals surface area contributed by atoms with Gasteiger partial charge < -0.3 is 16.0 Å². The minimum absolute atomic E-state index is 0.0904. The number of aromatic nitrogens is 1. The van der Waals surface area contributed by atoms with Gasteiger partial charge in [0, 0.05) is 19.8 Å². The number of pyridine rings is 1. The topological polar surface area (TPSA) is 71.2 Å². The van der Waals surface area contributed by atoms with Crippen molar-refractivity contribution in [2.45, 2.75) is 13.8 Å². The van der Waals surface area contributed by atoms with Crippen LogP contribution < -0.4 is 16.0 Å². The SMILES string of the molecule is CNC(=O)CN(C)c1nc(C)cc(C)c1C(N)=S. The Labute approximate surface area is 112 Å². The highest BCUT2D eigenvalue weighted by Crippen LogP contribution is 2.21. The summed E-state index contributed by atoms with van der Waals surface area (Å²) in [6, 6.07) is 1.92. The predicted molar refractivity (Wildman–Crippen MR) is 76.9 cm³/mol. The first-order valence-electron chi connectivity index (χ1n) is 5.56. The van der Waals surface area contributed by atoms with Gasteiger partial charge in [0.25, 0.3) is 0 Å². The molecule has 0 aliphatic carbocycles. The van der Waals surface area contributed by atoms with Crippen LogP contribution in [0, 0.1) is 13.8 Å². The maximum atomic E-state index is 11.4. The highest BCUT2D eigenvalue weighted by atomic mass is 32.1. The van der Waals surface area contributed by atoms with Gasteiger partial charge in [-0.05, 0) is 25.5 Å². The average molecular weight is 266 g/mol. The van der Waals surface area contributed by atoms with Gasteiger partial charge in [0.1, 0.15) is 10.8 Å². The zero-order chi connectivity index (χ0) is 13.9. The van der Waals surface area contributed by atoms with E-state index >= 15 is 0 Å². The molecule has 0 saturated heterocycles. The molecular weight excluding hydrogens is 248 g/mol. The molecule has 1 rings (SSSR count). The van der Waals surface area contributed by atoms with E-state index in [1.807, 2.05) is 19.9 Å². The third kappa shape index (κ3) is 3.16. The lowest BCUT2D eigenvalue weighted by Gasteiger charge is -2.21. The number of likely N-dealkylation sites (N-methyl/N-ethyl adjacent to an activating group) is 2. The van der Waals surface area contributed by atoms with E-state index < -0.39 is 0 Å². The Morgan fingerprint density at radius 1 is 1.56 bits per heavy atom. The number of thiocarbonyl (C=S) groups is 1. The largest absolute Gasteiger partial charge is 0.389 e. The molecule has 1 heterocycles. The van der Waals surface area contributed by atoms with E-state index in [0.29, 0.717) is 10.8 Å². The van der Waals surface area contributed by atoms with Gasteiger partial charge in [-0.2, -0.15) is 0 Å². The van der Waals surface area contributed by atoms with E-state index in [1.54, 1.807) is 19.0 Å². The fourth-order valence-electron chi connectivity index (χ4n) is 1.77. The Hall–Kier alpha value is -1.69. The molecule has 0 aromatic carbocycles. The van der Waals surface area contributed by atoms with Crippen LogP contribution in [0.1, 0.15) is 16.8 Å². The number of carbonyl (C=O) groups is 1. The highest BCUT2D eigenvalue weighted by molar-refractivity contribution is 7.80. The molecule has 0 saturated carbocycles. The van der Waals surface area contributed by atoms with Gasteiger partial charge >= 0.3 is 0 Å². The molecule has 0 bridgehead atoms. The number of hydrogen-bond donors (Lipinski definition) is 2. The standard InChI is InChI=1S/C12H18N4OS/c1-7-5-8(2)15-12(10(7)11(13)18)16(4)6-9(17)14-3/h5H,6H2,1-4H3,(H2,13,18)(H,14,17). The molecule has 98 valence electrons. The summed E-state index contributed by atoms with van der Waals surface area (Å²) < 4.78 is 0. The molecule has 0 unspecified atom stereocenters. The first kappa shape index (κ1) is 14.4. The summed E-state index contributed by atoms with van der Waals surface area (Å²) in [4.78, 5) is 17.9. The fourth-order valence-corrected chi connectivity index (χ4v) is 2.02. The number of nitrogens with two attached hydrogens (primary N) is 1. The number of carbonyl (C=O) groups excluding carboxylic acids is 1. The quantitative estimate of drug-likeness (QED) is 0.777. The molecule has 1 amide bonds. The second kappa shape index (κ2) is 5.77. The number of rotatable bonds is 4. The Bertz CT molecular complexity index is 487. The number of nitrogens with zero attached hydrogens (tertiary/aromatic N) is 2. The van der Waals surface area contributed by atoms with Crippen molar-refractivity contribution in [3.05, 3.63) is 22.9 Å². The normalized spacial score (nSPS) is 10.0. The second-order valence-corrected chi connectivity index (χ2v) is 4.61. The lowest BCUT2D eigenvalue weighted by Crippen LogP contribution is -2.35.